The summed E-state index contributed by atoms with van der Waals surface area (Å²) in [4.78, 5) is 14.4. The van der Waals surface area contributed by atoms with Crippen molar-refractivity contribution in [2.24, 2.45) is 5.41 Å². The molecule has 1 fully saturated rings. The van der Waals surface area contributed by atoms with Crippen LogP contribution in [0.25, 0.3) is 0 Å². The van der Waals surface area contributed by atoms with Crippen molar-refractivity contribution in [3.8, 4) is 11.8 Å². The smallest absolute Gasteiger partial charge is 0.233 e. The average molecular weight is 334 g/mol. The van der Waals surface area contributed by atoms with Crippen molar-refractivity contribution >= 4 is 5.91 Å². The van der Waals surface area contributed by atoms with Gasteiger partial charge in [0.2, 0.25) is 5.91 Å². The van der Waals surface area contributed by atoms with Crippen molar-refractivity contribution in [3.05, 3.63) is 29.1 Å². The summed E-state index contributed by atoms with van der Waals surface area (Å²) in [6.45, 7) is 8.91. The van der Waals surface area contributed by atoms with E-state index in [0.717, 1.165) is 0 Å². The maximum Gasteiger partial charge on any atom is 0.233 e. The molecule has 6 heteroatoms. The summed E-state index contributed by atoms with van der Waals surface area (Å²) in [5.74, 6) is -0.226. The van der Waals surface area contributed by atoms with Gasteiger partial charge in [-0.3, -0.25) is 4.79 Å². The molecule has 1 amide bonds. The number of ether oxygens (including phenoxy) is 2. The molecule has 1 aromatic carbocycles. The molecular formula is C18H23FN2O3. The maximum atomic E-state index is 14.3. The lowest BCUT2D eigenvalue weighted by molar-refractivity contribution is -0.171. The molecule has 1 saturated heterocycles. The highest BCUT2D eigenvalue weighted by Gasteiger charge is 2.45. The maximum absolute atomic E-state index is 14.3. The van der Waals surface area contributed by atoms with E-state index in [-0.39, 0.29) is 30.7 Å². The van der Waals surface area contributed by atoms with Gasteiger partial charge in [0.15, 0.2) is 0 Å². The van der Waals surface area contributed by atoms with Gasteiger partial charge in [0.25, 0.3) is 0 Å². The first-order valence-electron chi connectivity index (χ1n) is 8.19. The number of fused-ring (bicyclic) bond motifs is 1. The van der Waals surface area contributed by atoms with Gasteiger partial charge in [-0.2, -0.15) is 5.26 Å². The molecule has 24 heavy (non-hydrogen) atoms. The second kappa shape index (κ2) is 7.18. The minimum atomic E-state index is -0.540. The predicted molar refractivity (Wildman–Crippen MR) is 86.9 cm³/mol. The fraction of sp³-hybridized carbons (Fsp3) is 0.556. The number of carbonyl (C=O) groups excluding carboxylic acids is 1. The van der Waals surface area contributed by atoms with E-state index < -0.39 is 11.2 Å². The second-order valence-corrected chi connectivity index (χ2v) is 6.19. The topological polar surface area (TPSA) is 62.6 Å². The highest BCUT2D eigenvalue weighted by atomic mass is 19.1. The largest absolute Gasteiger partial charge is 0.491 e. The minimum absolute atomic E-state index is 0.0496. The van der Waals surface area contributed by atoms with Crippen LogP contribution in [0.2, 0.25) is 0 Å². The van der Waals surface area contributed by atoms with Gasteiger partial charge in [-0.05, 0) is 26.0 Å². The molecule has 0 radical (unpaired) electrons. The second-order valence-electron chi connectivity index (χ2n) is 6.19. The van der Waals surface area contributed by atoms with Gasteiger partial charge in [0.1, 0.15) is 18.2 Å². The Kier molecular flexibility index (Phi) is 5.45. The molecule has 0 bridgehead atoms. The van der Waals surface area contributed by atoms with Crippen LogP contribution in [-0.4, -0.2) is 36.7 Å². The van der Waals surface area contributed by atoms with Crippen molar-refractivity contribution in [3.63, 3.8) is 0 Å². The number of carbonyl (C=O) groups is 1. The number of benzene rings is 1. The third kappa shape index (κ3) is 3.22. The first kappa shape index (κ1) is 18.2. The zero-order valence-electron chi connectivity index (χ0n) is 14.6. The molecular weight excluding hydrogens is 311 g/mol. The van der Waals surface area contributed by atoms with Crippen LogP contribution < -0.4 is 4.74 Å². The Labute approximate surface area is 142 Å². The Hall–Kier alpha value is -2.13. The van der Waals surface area contributed by atoms with Crippen molar-refractivity contribution in [2.75, 3.05) is 19.8 Å². The van der Waals surface area contributed by atoms with E-state index >= 15 is 0 Å². The van der Waals surface area contributed by atoms with Crippen molar-refractivity contribution < 1.29 is 18.7 Å². The van der Waals surface area contributed by atoms with Gasteiger partial charge >= 0.3 is 0 Å². The number of halogens is 1. The van der Waals surface area contributed by atoms with Gasteiger partial charge in [-0.1, -0.05) is 13.8 Å². The minimum Gasteiger partial charge on any atom is -0.491 e. The molecule has 0 aromatic heterocycles. The zero-order valence-corrected chi connectivity index (χ0v) is 14.6. The van der Waals surface area contributed by atoms with Crippen LogP contribution in [0.15, 0.2) is 12.1 Å². The Morgan fingerprint density at radius 2 is 2.08 bits per heavy atom. The molecule has 130 valence electrons. The first-order valence-corrected chi connectivity index (χ1v) is 8.19. The van der Waals surface area contributed by atoms with Crippen LogP contribution in [0.3, 0.4) is 0 Å². The lowest BCUT2D eigenvalue weighted by atomic mass is 9.86. The van der Waals surface area contributed by atoms with E-state index in [1.807, 2.05) is 33.8 Å². The number of amides is 1. The van der Waals surface area contributed by atoms with Crippen molar-refractivity contribution in [1.82, 2.24) is 4.90 Å². The van der Waals surface area contributed by atoms with E-state index in [2.05, 4.69) is 0 Å². The monoisotopic (exact) mass is 334 g/mol. The van der Waals surface area contributed by atoms with E-state index in [1.165, 1.54) is 12.1 Å². The molecule has 0 N–H and O–H groups in total. The van der Waals surface area contributed by atoms with E-state index in [0.29, 0.717) is 24.5 Å². The highest BCUT2D eigenvalue weighted by molar-refractivity contribution is 5.84. The third-order valence-electron chi connectivity index (χ3n) is 4.24. The molecule has 1 atom stereocenters. The normalized spacial score (nSPS) is 21.0. The van der Waals surface area contributed by atoms with Crippen LogP contribution in [-0.2, 0) is 16.1 Å². The van der Waals surface area contributed by atoms with Crippen LogP contribution >= 0.6 is 0 Å². The summed E-state index contributed by atoms with van der Waals surface area (Å²) in [5, 5.41) is 8.92. The summed E-state index contributed by atoms with van der Waals surface area (Å²) in [7, 11) is 0. The standard InChI is InChI=1S/C16H17FN2O3.C2H6/c1-10-7-22-14-4-11(5-18)3-13(17)12(14)6-19(10)15(20)16(2)8-21-9-16;1-2/h3-4,10H,6-9H2,1-2H3;1-2H3. The molecule has 3 rings (SSSR count). The molecule has 0 spiro atoms. The lowest BCUT2D eigenvalue weighted by Gasteiger charge is -2.41. The van der Waals surface area contributed by atoms with Crippen molar-refractivity contribution in [1.29, 1.82) is 5.26 Å². The quantitative estimate of drug-likeness (QED) is 0.792. The van der Waals surface area contributed by atoms with E-state index in [4.69, 9.17) is 14.7 Å². The zero-order chi connectivity index (χ0) is 17.9. The predicted octanol–water partition coefficient (Wildman–Crippen LogP) is 2.87. The lowest BCUT2D eigenvalue weighted by Crippen LogP contribution is -2.55. The number of hydrogen-bond acceptors (Lipinski definition) is 4. The van der Waals surface area contributed by atoms with Gasteiger partial charge < -0.3 is 14.4 Å². The Balaban J connectivity index is 0.00000100. The van der Waals surface area contributed by atoms with Crippen LogP contribution in [0.1, 0.15) is 38.8 Å². The number of nitriles is 1. The Morgan fingerprint density at radius 1 is 1.42 bits per heavy atom. The fourth-order valence-electron chi connectivity index (χ4n) is 2.74. The summed E-state index contributed by atoms with van der Waals surface area (Å²) < 4.78 is 25.0. The fourth-order valence-corrected chi connectivity index (χ4v) is 2.74. The molecule has 2 aliphatic rings. The third-order valence-corrected chi connectivity index (χ3v) is 4.24. The molecule has 1 aromatic rings. The highest BCUT2D eigenvalue weighted by Crippen LogP contribution is 2.34. The molecule has 2 heterocycles. The molecule has 1 unspecified atom stereocenters. The number of rotatable bonds is 1. The Bertz CT molecular complexity index is 665. The molecule has 0 saturated carbocycles. The number of hydrogen-bond donors (Lipinski definition) is 0. The SMILES string of the molecule is CC.CC1COc2cc(C#N)cc(F)c2CN1C(=O)C1(C)COC1. The summed E-state index contributed by atoms with van der Waals surface area (Å²) >= 11 is 0. The summed E-state index contributed by atoms with van der Waals surface area (Å²) in [5.41, 5.74) is -0.00876. The van der Waals surface area contributed by atoms with E-state index in [9.17, 15) is 9.18 Å². The molecule has 0 aliphatic carbocycles. The van der Waals surface area contributed by atoms with Gasteiger partial charge in [0.05, 0.1) is 42.8 Å². The number of nitrogens with zero attached hydrogens (tertiary/aromatic N) is 2. The first-order chi connectivity index (χ1) is 11.4. The van der Waals surface area contributed by atoms with Gasteiger partial charge in [0, 0.05) is 5.56 Å². The van der Waals surface area contributed by atoms with Crippen LogP contribution in [0.4, 0.5) is 4.39 Å². The molecule has 5 nitrogen and oxygen atoms in total. The van der Waals surface area contributed by atoms with E-state index in [1.54, 1.807) is 4.90 Å². The van der Waals surface area contributed by atoms with Gasteiger partial charge in [-0.15, -0.1) is 0 Å². The van der Waals surface area contributed by atoms with Crippen molar-refractivity contribution in [2.45, 2.75) is 40.3 Å². The molecule has 2 aliphatic heterocycles. The summed E-state index contributed by atoms with van der Waals surface area (Å²) in [6.07, 6.45) is 0. The van der Waals surface area contributed by atoms with Crippen LogP contribution in [0, 0.1) is 22.6 Å². The van der Waals surface area contributed by atoms with Crippen LogP contribution in [0.5, 0.6) is 5.75 Å². The Morgan fingerprint density at radius 3 is 2.62 bits per heavy atom. The summed E-state index contributed by atoms with van der Waals surface area (Å²) in [6, 6.07) is 4.43. The van der Waals surface area contributed by atoms with Gasteiger partial charge in [-0.25, -0.2) is 4.39 Å². The average Bonchev–Trinajstić information content (AvgIpc) is 2.73.